The van der Waals surface area contributed by atoms with Gasteiger partial charge < -0.3 is 14.8 Å². The van der Waals surface area contributed by atoms with Crippen LogP contribution in [-0.4, -0.2) is 30.4 Å². The van der Waals surface area contributed by atoms with Gasteiger partial charge in [-0.2, -0.15) is 0 Å². The van der Waals surface area contributed by atoms with Gasteiger partial charge >= 0.3 is 5.97 Å². The molecule has 0 aliphatic rings. The van der Waals surface area contributed by atoms with Gasteiger partial charge in [0, 0.05) is 15.7 Å². The maximum atomic E-state index is 13.6. The molecular formula is C19H17BrFNO5. The Morgan fingerprint density at radius 1 is 1.19 bits per heavy atom. The number of carbonyl (C=O) groups is 3. The van der Waals surface area contributed by atoms with Crippen LogP contribution in [0.1, 0.15) is 24.2 Å². The zero-order valence-electron chi connectivity index (χ0n) is 14.6. The molecule has 0 spiro atoms. The fourth-order valence-corrected chi connectivity index (χ4v) is 2.41. The standard InChI is InChI=1S/C19H17BrFNO5/c1-11(23)13-4-3-5-15(8-13)22-19(25)12(2)27-18(24)10-26-17-7-6-14(20)9-16(17)21/h3-9,12H,10H2,1-2H3,(H,22,25). The Morgan fingerprint density at radius 3 is 2.59 bits per heavy atom. The normalized spacial score (nSPS) is 11.4. The second kappa shape index (κ2) is 9.27. The van der Waals surface area contributed by atoms with Gasteiger partial charge in [0.2, 0.25) is 0 Å². The quantitative estimate of drug-likeness (QED) is 0.526. The topological polar surface area (TPSA) is 81.7 Å². The van der Waals surface area contributed by atoms with Gasteiger partial charge in [0.1, 0.15) is 0 Å². The van der Waals surface area contributed by atoms with Gasteiger partial charge in [-0.15, -0.1) is 0 Å². The van der Waals surface area contributed by atoms with Gasteiger partial charge in [-0.25, -0.2) is 9.18 Å². The van der Waals surface area contributed by atoms with Crippen molar-refractivity contribution in [2.45, 2.75) is 20.0 Å². The summed E-state index contributed by atoms with van der Waals surface area (Å²) in [7, 11) is 0. The summed E-state index contributed by atoms with van der Waals surface area (Å²) in [6, 6.07) is 10.5. The summed E-state index contributed by atoms with van der Waals surface area (Å²) < 4.78 is 24.2. The van der Waals surface area contributed by atoms with Gasteiger partial charge in [0.05, 0.1) is 0 Å². The average Bonchev–Trinajstić information content (AvgIpc) is 2.61. The molecule has 2 aromatic rings. The number of rotatable bonds is 7. The molecule has 0 aliphatic heterocycles. The van der Waals surface area contributed by atoms with E-state index in [0.29, 0.717) is 15.7 Å². The van der Waals surface area contributed by atoms with Crippen molar-refractivity contribution in [1.29, 1.82) is 0 Å². The van der Waals surface area contributed by atoms with E-state index in [1.165, 1.54) is 32.0 Å². The van der Waals surface area contributed by atoms with E-state index in [0.717, 1.165) is 0 Å². The molecule has 0 bridgehead atoms. The molecule has 0 saturated carbocycles. The number of carbonyl (C=O) groups excluding carboxylic acids is 3. The van der Waals surface area contributed by atoms with Crippen molar-refractivity contribution in [2.24, 2.45) is 0 Å². The molecule has 2 aromatic carbocycles. The Morgan fingerprint density at radius 2 is 1.93 bits per heavy atom. The zero-order valence-corrected chi connectivity index (χ0v) is 16.2. The van der Waals surface area contributed by atoms with Crippen molar-refractivity contribution < 1.29 is 28.2 Å². The molecule has 0 heterocycles. The van der Waals surface area contributed by atoms with Crippen LogP contribution in [0.5, 0.6) is 5.75 Å². The third-order valence-electron chi connectivity index (χ3n) is 3.45. The zero-order chi connectivity index (χ0) is 20.0. The molecule has 1 atom stereocenters. The van der Waals surface area contributed by atoms with Crippen LogP contribution in [0.25, 0.3) is 0 Å². The maximum Gasteiger partial charge on any atom is 0.344 e. The largest absolute Gasteiger partial charge is 0.479 e. The molecule has 1 amide bonds. The number of ether oxygens (including phenoxy) is 2. The summed E-state index contributed by atoms with van der Waals surface area (Å²) in [5.41, 5.74) is 0.853. The van der Waals surface area contributed by atoms with E-state index in [1.54, 1.807) is 24.3 Å². The number of ketones is 1. The van der Waals surface area contributed by atoms with E-state index in [9.17, 15) is 18.8 Å². The predicted octanol–water partition coefficient (Wildman–Crippen LogP) is 3.74. The molecule has 2 rings (SSSR count). The van der Waals surface area contributed by atoms with E-state index in [2.05, 4.69) is 21.2 Å². The molecule has 27 heavy (non-hydrogen) atoms. The maximum absolute atomic E-state index is 13.6. The number of anilines is 1. The Balaban J connectivity index is 1.87. The minimum absolute atomic E-state index is 0.103. The summed E-state index contributed by atoms with van der Waals surface area (Å²) in [6.45, 7) is 2.26. The minimum atomic E-state index is -1.10. The summed E-state index contributed by atoms with van der Waals surface area (Å²) in [5.74, 6) is -2.26. The molecule has 8 heteroatoms. The fourth-order valence-electron chi connectivity index (χ4n) is 2.07. The first-order valence-corrected chi connectivity index (χ1v) is 8.74. The lowest BCUT2D eigenvalue weighted by Crippen LogP contribution is -2.31. The smallest absolute Gasteiger partial charge is 0.344 e. The van der Waals surface area contributed by atoms with Crippen LogP contribution in [0.15, 0.2) is 46.9 Å². The number of nitrogens with one attached hydrogen (secondary N) is 1. The van der Waals surface area contributed by atoms with Gasteiger partial charge in [-0.3, -0.25) is 9.59 Å². The summed E-state index contributed by atoms with van der Waals surface area (Å²) in [5, 5.41) is 2.56. The van der Waals surface area contributed by atoms with Crippen molar-refractivity contribution in [2.75, 3.05) is 11.9 Å². The number of Topliss-reactive ketones (excluding diaryl/α,β-unsaturated/α-hetero) is 1. The predicted molar refractivity (Wildman–Crippen MR) is 100 cm³/mol. The van der Waals surface area contributed by atoms with Gasteiger partial charge in [-0.05, 0) is 44.2 Å². The number of hydrogen-bond donors (Lipinski definition) is 1. The molecule has 0 aliphatic carbocycles. The van der Waals surface area contributed by atoms with Gasteiger partial charge in [-0.1, -0.05) is 28.1 Å². The first-order valence-electron chi connectivity index (χ1n) is 7.95. The highest BCUT2D eigenvalue weighted by molar-refractivity contribution is 9.10. The number of amides is 1. The highest BCUT2D eigenvalue weighted by atomic mass is 79.9. The van der Waals surface area contributed by atoms with E-state index in [4.69, 9.17) is 9.47 Å². The third-order valence-corrected chi connectivity index (χ3v) is 3.95. The number of benzene rings is 2. The van der Waals surface area contributed by atoms with Gasteiger partial charge in [0.15, 0.2) is 30.1 Å². The van der Waals surface area contributed by atoms with Crippen molar-refractivity contribution in [3.05, 3.63) is 58.3 Å². The Kier molecular flexibility index (Phi) is 7.06. The highest BCUT2D eigenvalue weighted by Gasteiger charge is 2.19. The van der Waals surface area contributed by atoms with Crippen molar-refractivity contribution >= 4 is 39.3 Å². The summed E-state index contributed by atoms with van der Waals surface area (Å²) in [4.78, 5) is 35.3. The van der Waals surface area contributed by atoms with E-state index < -0.39 is 30.4 Å². The molecule has 0 radical (unpaired) electrons. The summed E-state index contributed by atoms with van der Waals surface area (Å²) in [6.07, 6.45) is -1.10. The van der Waals surface area contributed by atoms with E-state index >= 15 is 0 Å². The Hall–Kier alpha value is -2.74. The second-order valence-corrected chi connectivity index (χ2v) is 6.54. The number of esters is 1. The first kappa shape index (κ1) is 20.6. The van der Waals surface area contributed by atoms with Crippen LogP contribution >= 0.6 is 15.9 Å². The van der Waals surface area contributed by atoms with Crippen LogP contribution in [-0.2, 0) is 14.3 Å². The molecule has 0 saturated heterocycles. The lowest BCUT2D eigenvalue weighted by molar-refractivity contribution is -0.155. The van der Waals surface area contributed by atoms with Crippen LogP contribution in [0.2, 0.25) is 0 Å². The SMILES string of the molecule is CC(=O)c1cccc(NC(=O)C(C)OC(=O)COc2ccc(Br)cc2F)c1. The lowest BCUT2D eigenvalue weighted by Gasteiger charge is -2.14. The van der Waals surface area contributed by atoms with Crippen LogP contribution in [0, 0.1) is 5.82 Å². The van der Waals surface area contributed by atoms with Crippen molar-refractivity contribution in [1.82, 2.24) is 0 Å². The highest BCUT2D eigenvalue weighted by Crippen LogP contribution is 2.21. The molecule has 1 unspecified atom stereocenters. The molecule has 0 aromatic heterocycles. The average molecular weight is 438 g/mol. The van der Waals surface area contributed by atoms with Crippen LogP contribution in [0.4, 0.5) is 10.1 Å². The second-order valence-electron chi connectivity index (χ2n) is 5.62. The Bertz CT molecular complexity index is 871. The van der Waals surface area contributed by atoms with Crippen LogP contribution in [0.3, 0.4) is 0 Å². The monoisotopic (exact) mass is 437 g/mol. The molecule has 1 N–H and O–H groups in total. The van der Waals surface area contributed by atoms with Crippen molar-refractivity contribution in [3.8, 4) is 5.75 Å². The van der Waals surface area contributed by atoms with E-state index in [1.807, 2.05) is 0 Å². The van der Waals surface area contributed by atoms with Crippen molar-refractivity contribution in [3.63, 3.8) is 0 Å². The minimum Gasteiger partial charge on any atom is -0.479 e. The third kappa shape index (κ3) is 6.18. The van der Waals surface area contributed by atoms with Gasteiger partial charge in [0.25, 0.3) is 5.91 Å². The molecular weight excluding hydrogens is 421 g/mol. The number of hydrogen-bond acceptors (Lipinski definition) is 5. The summed E-state index contributed by atoms with van der Waals surface area (Å²) >= 11 is 3.11. The first-order chi connectivity index (χ1) is 12.8. The fraction of sp³-hybridized carbons (Fsp3) is 0.211. The lowest BCUT2D eigenvalue weighted by atomic mass is 10.1. The Labute approximate surface area is 163 Å². The molecule has 142 valence electrons. The molecule has 0 fully saturated rings. The molecule has 6 nitrogen and oxygen atoms in total. The number of halogens is 2. The van der Waals surface area contributed by atoms with Crippen LogP contribution < -0.4 is 10.1 Å². The van der Waals surface area contributed by atoms with E-state index in [-0.39, 0.29) is 11.5 Å².